The number of hydrogen-bond acceptors (Lipinski definition) is 4. The highest BCUT2D eigenvalue weighted by molar-refractivity contribution is 5.95. The summed E-state index contributed by atoms with van der Waals surface area (Å²) in [6.45, 7) is 2.81. The minimum absolute atomic E-state index is 0. The number of methoxy groups -OCH3 is 1. The molecule has 0 aliphatic carbocycles. The number of fused-ring (bicyclic) bond motifs is 1. The quantitative estimate of drug-likeness (QED) is 0.892. The molecule has 0 spiro atoms. The molecule has 1 heterocycles. The Morgan fingerprint density at radius 2 is 1.96 bits per heavy atom. The third-order valence-corrected chi connectivity index (χ3v) is 3.92. The molecule has 6 heteroatoms. The summed E-state index contributed by atoms with van der Waals surface area (Å²) in [7, 11) is 1.60. The molecule has 0 unspecified atom stereocenters. The van der Waals surface area contributed by atoms with Gasteiger partial charge in [0.25, 0.3) is 0 Å². The van der Waals surface area contributed by atoms with E-state index in [1.165, 1.54) is 5.56 Å². The number of para-hydroxylation sites is 3. The minimum Gasteiger partial charge on any atom is -0.495 e. The number of hydrogen-bond donors (Lipinski definition) is 2. The van der Waals surface area contributed by atoms with E-state index in [-0.39, 0.29) is 18.3 Å². The largest absolute Gasteiger partial charge is 0.495 e. The molecular formula is C18H22ClN3O2. The van der Waals surface area contributed by atoms with Crippen molar-refractivity contribution in [2.75, 3.05) is 37.0 Å². The van der Waals surface area contributed by atoms with E-state index in [0.717, 1.165) is 25.3 Å². The SMILES string of the molecule is COc1ccccc1NC(=O)CN1CCNCc2ccccc21.Cl. The molecule has 24 heavy (non-hydrogen) atoms. The fourth-order valence-electron chi connectivity index (χ4n) is 2.80. The zero-order valence-corrected chi connectivity index (χ0v) is 14.4. The molecule has 0 saturated heterocycles. The maximum Gasteiger partial charge on any atom is 0.243 e. The zero-order valence-electron chi connectivity index (χ0n) is 13.6. The van der Waals surface area contributed by atoms with E-state index in [0.29, 0.717) is 18.0 Å². The summed E-state index contributed by atoms with van der Waals surface area (Å²) in [6.07, 6.45) is 0. The Hall–Kier alpha value is -2.24. The van der Waals surface area contributed by atoms with Gasteiger partial charge in [-0.15, -0.1) is 12.4 Å². The van der Waals surface area contributed by atoms with E-state index in [1.807, 2.05) is 36.4 Å². The average molecular weight is 348 g/mol. The maximum absolute atomic E-state index is 12.4. The number of ether oxygens (including phenoxy) is 1. The summed E-state index contributed by atoms with van der Waals surface area (Å²) in [4.78, 5) is 14.6. The van der Waals surface area contributed by atoms with Crippen molar-refractivity contribution >= 4 is 29.7 Å². The van der Waals surface area contributed by atoms with Crippen molar-refractivity contribution in [3.05, 3.63) is 54.1 Å². The lowest BCUT2D eigenvalue weighted by molar-refractivity contribution is -0.115. The van der Waals surface area contributed by atoms with Crippen LogP contribution in [-0.2, 0) is 11.3 Å². The normalized spacial score (nSPS) is 13.3. The molecule has 2 N–H and O–H groups in total. The number of nitrogens with zero attached hydrogens (tertiary/aromatic N) is 1. The predicted octanol–water partition coefficient (Wildman–Crippen LogP) is 2.67. The number of rotatable bonds is 4. The van der Waals surface area contributed by atoms with Gasteiger partial charge in [0.1, 0.15) is 5.75 Å². The van der Waals surface area contributed by atoms with Crippen LogP contribution in [0.15, 0.2) is 48.5 Å². The van der Waals surface area contributed by atoms with Crippen LogP contribution in [0.3, 0.4) is 0 Å². The van der Waals surface area contributed by atoms with Crippen LogP contribution in [0.5, 0.6) is 5.75 Å². The molecule has 5 nitrogen and oxygen atoms in total. The smallest absolute Gasteiger partial charge is 0.243 e. The van der Waals surface area contributed by atoms with Gasteiger partial charge in [0.05, 0.1) is 19.3 Å². The molecule has 0 radical (unpaired) electrons. The predicted molar refractivity (Wildman–Crippen MR) is 99.2 cm³/mol. The van der Waals surface area contributed by atoms with Crippen molar-refractivity contribution in [1.29, 1.82) is 0 Å². The lowest BCUT2D eigenvalue weighted by Crippen LogP contribution is -2.36. The summed E-state index contributed by atoms with van der Waals surface area (Å²) < 4.78 is 5.27. The van der Waals surface area contributed by atoms with Gasteiger partial charge >= 0.3 is 0 Å². The van der Waals surface area contributed by atoms with Crippen molar-refractivity contribution in [2.45, 2.75) is 6.54 Å². The Morgan fingerprint density at radius 1 is 1.21 bits per heavy atom. The van der Waals surface area contributed by atoms with Crippen molar-refractivity contribution in [2.24, 2.45) is 0 Å². The first-order valence-electron chi connectivity index (χ1n) is 7.74. The van der Waals surface area contributed by atoms with Crippen LogP contribution in [0.1, 0.15) is 5.56 Å². The van der Waals surface area contributed by atoms with Crippen LogP contribution >= 0.6 is 12.4 Å². The number of benzene rings is 2. The number of anilines is 2. The van der Waals surface area contributed by atoms with Gasteiger partial charge in [-0.3, -0.25) is 4.79 Å². The Morgan fingerprint density at radius 3 is 2.79 bits per heavy atom. The molecule has 1 aliphatic heterocycles. The number of halogens is 1. The minimum atomic E-state index is -0.0498. The Labute approximate surface area is 148 Å². The maximum atomic E-state index is 12.4. The van der Waals surface area contributed by atoms with Gasteiger partial charge in [-0.2, -0.15) is 0 Å². The number of carbonyl (C=O) groups is 1. The van der Waals surface area contributed by atoms with Gasteiger partial charge in [-0.05, 0) is 23.8 Å². The summed E-state index contributed by atoms with van der Waals surface area (Å²) >= 11 is 0. The lowest BCUT2D eigenvalue weighted by atomic mass is 10.1. The summed E-state index contributed by atoms with van der Waals surface area (Å²) in [6, 6.07) is 15.6. The molecule has 3 rings (SSSR count). The second kappa shape index (κ2) is 8.57. The molecule has 2 aromatic rings. The van der Waals surface area contributed by atoms with Crippen LogP contribution in [0, 0.1) is 0 Å². The van der Waals surface area contributed by atoms with Crippen molar-refractivity contribution in [3.63, 3.8) is 0 Å². The van der Waals surface area contributed by atoms with Gasteiger partial charge in [0, 0.05) is 25.3 Å². The summed E-state index contributed by atoms with van der Waals surface area (Å²) in [5.41, 5.74) is 3.03. The Bertz CT molecular complexity index is 693. The lowest BCUT2D eigenvalue weighted by Gasteiger charge is -2.24. The van der Waals surface area contributed by atoms with Crippen LogP contribution in [0.4, 0.5) is 11.4 Å². The van der Waals surface area contributed by atoms with Gasteiger partial charge in [-0.25, -0.2) is 0 Å². The van der Waals surface area contributed by atoms with Gasteiger partial charge in [0.15, 0.2) is 0 Å². The molecule has 1 aliphatic rings. The monoisotopic (exact) mass is 347 g/mol. The second-order valence-electron chi connectivity index (χ2n) is 5.48. The van der Waals surface area contributed by atoms with Crippen LogP contribution in [0.25, 0.3) is 0 Å². The van der Waals surface area contributed by atoms with Crippen LogP contribution in [0.2, 0.25) is 0 Å². The van der Waals surface area contributed by atoms with Gasteiger partial charge in [-0.1, -0.05) is 30.3 Å². The first-order chi connectivity index (χ1) is 11.3. The van der Waals surface area contributed by atoms with Gasteiger partial charge < -0.3 is 20.3 Å². The Kier molecular flexibility index (Phi) is 6.46. The number of nitrogens with one attached hydrogen (secondary N) is 2. The summed E-state index contributed by atoms with van der Waals surface area (Å²) in [5.74, 6) is 0.616. The van der Waals surface area contributed by atoms with Crippen LogP contribution < -0.4 is 20.3 Å². The first-order valence-corrected chi connectivity index (χ1v) is 7.74. The van der Waals surface area contributed by atoms with Crippen LogP contribution in [-0.4, -0.2) is 32.7 Å². The highest BCUT2D eigenvalue weighted by atomic mass is 35.5. The van der Waals surface area contributed by atoms with E-state index in [4.69, 9.17) is 4.74 Å². The molecule has 0 fully saturated rings. The molecule has 0 saturated carbocycles. The first kappa shape index (κ1) is 18.1. The molecule has 1 amide bonds. The second-order valence-corrected chi connectivity index (χ2v) is 5.48. The fraction of sp³-hybridized carbons (Fsp3) is 0.278. The average Bonchev–Trinajstić information content (AvgIpc) is 2.78. The van der Waals surface area contributed by atoms with E-state index in [2.05, 4.69) is 27.7 Å². The van der Waals surface area contributed by atoms with E-state index >= 15 is 0 Å². The zero-order chi connectivity index (χ0) is 16.1. The number of amides is 1. The molecule has 0 atom stereocenters. The molecule has 128 valence electrons. The molecule has 0 aromatic heterocycles. The highest BCUT2D eigenvalue weighted by Gasteiger charge is 2.17. The molecular weight excluding hydrogens is 326 g/mol. The van der Waals surface area contributed by atoms with E-state index in [1.54, 1.807) is 7.11 Å². The van der Waals surface area contributed by atoms with Crippen molar-refractivity contribution in [1.82, 2.24) is 5.32 Å². The third-order valence-electron chi connectivity index (χ3n) is 3.92. The van der Waals surface area contributed by atoms with Crippen molar-refractivity contribution < 1.29 is 9.53 Å². The number of carbonyl (C=O) groups excluding carboxylic acids is 1. The van der Waals surface area contributed by atoms with E-state index in [9.17, 15) is 4.79 Å². The fourth-order valence-corrected chi connectivity index (χ4v) is 2.80. The highest BCUT2D eigenvalue weighted by Crippen LogP contribution is 2.24. The molecule has 2 aromatic carbocycles. The van der Waals surface area contributed by atoms with Gasteiger partial charge in [0.2, 0.25) is 5.91 Å². The topological polar surface area (TPSA) is 53.6 Å². The van der Waals surface area contributed by atoms with Crippen molar-refractivity contribution in [3.8, 4) is 5.75 Å². The summed E-state index contributed by atoms with van der Waals surface area (Å²) in [5, 5.41) is 6.32. The standard InChI is InChI=1S/C18H21N3O2.ClH/c1-23-17-9-5-3-7-15(17)20-18(22)13-21-11-10-19-12-14-6-2-4-8-16(14)21;/h2-9,19H,10-13H2,1H3,(H,20,22);1H. The third kappa shape index (κ3) is 4.19. The molecule has 0 bridgehead atoms. The van der Waals surface area contributed by atoms with E-state index < -0.39 is 0 Å². The Balaban J connectivity index is 0.00000208.